The summed E-state index contributed by atoms with van der Waals surface area (Å²) in [6.45, 7) is 5.21. The third kappa shape index (κ3) is 3.97. The number of hydrogen-bond donors (Lipinski definition) is 1. The largest absolute Gasteiger partial charge is 0.360 e. The third-order valence-corrected chi connectivity index (χ3v) is 5.21. The zero-order chi connectivity index (χ0) is 18.9. The fourth-order valence-electron chi connectivity index (χ4n) is 3.92. The van der Waals surface area contributed by atoms with E-state index in [4.69, 9.17) is 23.7 Å². The molecular formula is C21H28O6. The maximum Gasteiger partial charge on any atom is 0.223 e. The van der Waals surface area contributed by atoms with E-state index < -0.39 is 23.8 Å². The normalized spacial score (nSPS) is 35.6. The fraction of sp³-hybridized carbons (Fsp3) is 0.619. The molecule has 1 aromatic carbocycles. The zero-order valence-corrected chi connectivity index (χ0v) is 15.9. The van der Waals surface area contributed by atoms with Crippen LogP contribution in [0.3, 0.4) is 0 Å². The maximum atomic E-state index is 11.3. The molecule has 3 heterocycles. The van der Waals surface area contributed by atoms with Crippen molar-refractivity contribution in [3.8, 4) is 0 Å². The number of ether oxygens (including phenoxy) is 5. The van der Waals surface area contributed by atoms with E-state index in [1.807, 2.05) is 50.3 Å². The Morgan fingerprint density at radius 2 is 2.07 bits per heavy atom. The summed E-state index contributed by atoms with van der Waals surface area (Å²) < 4.78 is 29.1. The molecule has 4 atom stereocenters. The molecule has 0 saturated carbocycles. The Kier molecular flexibility index (Phi) is 5.38. The van der Waals surface area contributed by atoms with Crippen molar-refractivity contribution in [2.24, 2.45) is 0 Å². The van der Waals surface area contributed by atoms with E-state index in [-0.39, 0.29) is 6.29 Å². The van der Waals surface area contributed by atoms with Gasteiger partial charge in [0.2, 0.25) is 5.79 Å². The van der Waals surface area contributed by atoms with Gasteiger partial charge in [0.15, 0.2) is 12.1 Å². The molecule has 2 saturated heterocycles. The second-order valence-electron chi connectivity index (χ2n) is 7.72. The molecule has 0 radical (unpaired) electrons. The summed E-state index contributed by atoms with van der Waals surface area (Å²) in [5.41, 5.74) is 1.70. The van der Waals surface area contributed by atoms with Gasteiger partial charge in [0.1, 0.15) is 12.2 Å². The molecule has 2 fully saturated rings. The van der Waals surface area contributed by atoms with Crippen molar-refractivity contribution >= 4 is 0 Å². The van der Waals surface area contributed by atoms with E-state index in [0.29, 0.717) is 13.2 Å². The van der Waals surface area contributed by atoms with Gasteiger partial charge >= 0.3 is 0 Å². The highest BCUT2D eigenvalue weighted by Gasteiger charge is 2.55. The van der Waals surface area contributed by atoms with Gasteiger partial charge in [-0.25, -0.2) is 0 Å². The first-order valence-corrected chi connectivity index (χ1v) is 9.68. The molecule has 0 aliphatic carbocycles. The minimum Gasteiger partial charge on any atom is -0.360 e. The second kappa shape index (κ2) is 7.62. The van der Waals surface area contributed by atoms with Crippen LogP contribution in [0.1, 0.15) is 44.2 Å². The average molecular weight is 376 g/mol. The molecule has 6 heteroatoms. The minimum absolute atomic E-state index is 0.134. The quantitative estimate of drug-likeness (QED) is 0.797. The Balaban J connectivity index is 1.45. The van der Waals surface area contributed by atoms with Crippen molar-refractivity contribution in [3.05, 3.63) is 47.5 Å². The van der Waals surface area contributed by atoms with Gasteiger partial charge in [-0.05, 0) is 38.7 Å². The van der Waals surface area contributed by atoms with E-state index in [2.05, 4.69) is 0 Å². The highest BCUT2D eigenvalue weighted by Crippen LogP contribution is 2.45. The molecule has 3 aliphatic heterocycles. The number of fused-ring (bicyclic) bond motifs is 1. The number of benzene rings is 1. The summed E-state index contributed by atoms with van der Waals surface area (Å²) in [5, 5.41) is 11.3. The first-order chi connectivity index (χ1) is 13.0. The molecule has 2 unspecified atom stereocenters. The topological polar surface area (TPSA) is 66.4 Å². The maximum absolute atomic E-state index is 11.3. The molecule has 0 spiro atoms. The average Bonchev–Trinajstić information content (AvgIpc) is 3.18. The molecule has 1 N–H and O–H groups in total. The van der Waals surface area contributed by atoms with Crippen molar-refractivity contribution in [2.45, 2.75) is 69.8 Å². The van der Waals surface area contributed by atoms with Gasteiger partial charge in [0, 0.05) is 12.2 Å². The van der Waals surface area contributed by atoms with E-state index in [0.717, 1.165) is 37.0 Å². The lowest BCUT2D eigenvalue weighted by Crippen LogP contribution is -2.45. The van der Waals surface area contributed by atoms with Crippen molar-refractivity contribution in [3.63, 3.8) is 0 Å². The molecule has 1 aromatic rings. The summed E-state index contributed by atoms with van der Waals surface area (Å²) in [6, 6.07) is 7.66. The molecular weight excluding hydrogens is 348 g/mol. The highest BCUT2D eigenvalue weighted by molar-refractivity contribution is 5.35. The Labute approximate surface area is 160 Å². The summed E-state index contributed by atoms with van der Waals surface area (Å²) in [4.78, 5) is 0. The summed E-state index contributed by atoms with van der Waals surface area (Å²) >= 11 is 0. The van der Waals surface area contributed by atoms with E-state index in [1.54, 1.807) is 0 Å². The van der Waals surface area contributed by atoms with Crippen molar-refractivity contribution < 1.29 is 28.8 Å². The SMILES string of the molecule is CC1(C)O[C@@H](C2(O)OCc3ccccc32)[C@@H](/C=C/COC2CCCCO2)O1. The van der Waals surface area contributed by atoms with Crippen LogP contribution in [0.2, 0.25) is 0 Å². The first-order valence-electron chi connectivity index (χ1n) is 9.68. The van der Waals surface area contributed by atoms with Crippen molar-refractivity contribution in [2.75, 3.05) is 13.2 Å². The number of hydrogen-bond acceptors (Lipinski definition) is 6. The van der Waals surface area contributed by atoms with Crippen LogP contribution < -0.4 is 0 Å². The Bertz CT molecular complexity index is 681. The first kappa shape index (κ1) is 19.1. The fourth-order valence-corrected chi connectivity index (χ4v) is 3.92. The minimum atomic E-state index is -1.54. The van der Waals surface area contributed by atoms with E-state index >= 15 is 0 Å². The highest BCUT2D eigenvalue weighted by atomic mass is 16.8. The second-order valence-corrected chi connectivity index (χ2v) is 7.72. The van der Waals surface area contributed by atoms with Crippen molar-refractivity contribution in [1.29, 1.82) is 0 Å². The molecule has 148 valence electrons. The third-order valence-electron chi connectivity index (χ3n) is 5.21. The predicted molar refractivity (Wildman–Crippen MR) is 97.6 cm³/mol. The number of rotatable bonds is 5. The van der Waals surface area contributed by atoms with Crippen LogP contribution in [0.15, 0.2) is 36.4 Å². The monoisotopic (exact) mass is 376 g/mol. The summed E-state index contributed by atoms with van der Waals surface area (Å²) in [6.07, 6.45) is 5.68. The van der Waals surface area contributed by atoms with Crippen LogP contribution in [0, 0.1) is 0 Å². The lowest BCUT2D eigenvalue weighted by atomic mass is 9.94. The van der Waals surface area contributed by atoms with Crippen LogP contribution in [0.5, 0.6) is 0 Å². The molecule has 0 aromatic heterocycles. The van der Waals surface area contributed by atoms with Gasteiger partial charge in [0.25, 0.3) is 0 Å². The standard InChI is InChI=1S/C21H28O6/c1-20(2)26-17(10-7-13-24-18-11-5-6-12-23-18)19(27-20)21(22)16-9-4-3-8-15(16)14-25-21/h3-4,7-10,17-19,22H,5-6,11-14H2,1-2H3/b10-7+/t17-,18?,19-,21?/m1/s1. The predicted octanol–water partition coefficient (Wildman–Crippen LogP) is 2.98. The van der Waals surface area contributed by atoms with Gasteiger partial charge in [-0.15, -0.1) is 0 Å². The lowest BCUT2D eigenvalue weighted by molar-refractivity contribution is -0.275. The molecule has 0 amide bonds. The molecule has 0 bridgehead atoms. The Hall–Kier alpha value is -1.28. The van der Waals surface area contributed by atoms with E-state index in [1.165, 1.54) is 0 Å². The smallest absolute Gasteiger partial charge is 0.223 e. The Morgan fingerprint density at radius 1 is 1.22 bits per heavy atom. The van der Waals surface area contributed by atoms with Crippen LogP contribution in [-0.2, 0) is 36.1 Å². The Morgan fingerprint density at radius 3 is 2.89 bits per heavy atom. The van der Waals surface area contributed by atoms with Gasteiger partial charge in [-0.3, -0.25) is 0 Å². The molecule has 4 rings (SSSR count). The molecule has 6 nitrogen and oxygen atoms in total. The van der Waals surface area contributed by atoms with E-state index in [9.17, 15) is 5.11 Å². The van der Waals surface area contributed by atoms with Crippen LogP contribution in [0.25, 0.3) is 0 Å². The lowest BCUT2D eigenvalue weighted by Gasteiger charge is -2.31. The van der Waals surface area contributed by atoms with Crippen molar-refractivity contribution in [1.82, 2.24) is 0 Å². The summed E-state index contributed by atoms with van der Waals surface area (Å²) in [7, 11) is 0. The molecule has 3 aliphatic rings. The van der Waals surface area contributed by atoms with Gasteiger partial charge in [-0.2, -0.15) is 0 Å². The van der Waals surface area contributed by atoms with Gasteiger partial charge in [0.05, 0.1) is 13.2 Å². The van der Waals surface area contributed by atoms with Crippen LogP contribution >= 0.6 is 0 Å². The zero-order valence-electron chi connectivity index (χ0n) is 15.9. The number of aliphatic hydroxyl groups is 1. The van der Waals surface area contributed by atoms with Crippen LogP contribution in [-0.4, -0.2) is 42.6 Å². The van der Waals surface area contributed by atoms with Gasteiger partial charge in [-0.1, -0.05) is 36.4 Å². The summed E-state index contributed by atoms with van der Waals surface area (Å²) in [5.74, 6) is -2.35. The van der Waals surface area contributed by atoms with Gasteiger partial charge < -0.3 is 28.8 Å². The molecule has 27 heavy (non-hydrogen) atoms. The van der Waals surface area contributed by atoms with Crippen LogP contribution in [0.4, 0.5) is 0 Å².